The number of nitrogens with zero attached hydrogens (tertiary/aromatic N) is 1. The van der Waals surface area contributed by atoms with Crippen molar-refractivity contribution in [2.24, 2.45) is 11.8 Å². The van der Waals surface area contributed by atoms with Gasteiger partial charge in [0.25, 0.3) is 0 Å². The fourth-order valence-electron chi connectivity index (χ4n) is 2.71. The van der Waals surface area contributed by atoms with Gasteiger partial charge in [-0.05, 0) is 25.2 Å². The van der Waals surface area contributed by atoms with E-state index in [0.717, 1.165) is 0 Å². The highest BCUT2D eigenvalue weighted by molar-refractivity contribution is 7.91. The minimum Gasteiger partial charge on any atom is -0.481 e. The number of piperidine rings is 1. The molecule has 2 fully saturated rings. The van der Waals surface area contributed by atoms with Crippen molar-refractivity contribution in [3.63, 3.8) is 0 Å². The van der Waals surface area contributed by atoms with E-state index in [1.807, 2.05) is 0 Å². The number of carbonyl (C=O) groups is 2. The first-order valence-corrected chi connectivity index (χ1v) is 8.65. The Morgan fingerprint density at radius 2 is 1.85 bits per heavy atom. The molecule has 2 rings (SSSR count). The van der Waals surface area contributed by atoms with Crippen LogP contribution in [0, 0.1) is 11.8 Å². The molecular formula is C12H20N2O5S. The standard InChI is InChI=1S/C12H20N2O5S/c15-11(16)10-1-4-14(5-2-10)12(17)13-7-9-3-6-20(18,19)8-9/h9-10H,1-8H2,(H,13,17)(H,15,16). The summed E-state index contributed by atoms with van der Waals surface area (Å²) < 4.78 is 22.6. The van der Waals surface area contributed by atoms with E-state index in [9.17, 15) is 18.0 Å². The zero-order valence-electron chi connectivity index (χ0n) is 11.2. The summed E-state index contributed by atoms with van der Waals surface area (Å²) in [5.41, 5.74) is 0. The summed E-state index contributed by atoms with van der Waals surface area (Å²) in [4.78, 5) is 24.3. The van der Waals surface area contributed by atoms with Gasteiger partial charge in [-0.3, -0.25) is 4.79 Å². The Balaban J connectivity index is 1.72. The molecule has 0 saturated carbocycles. The van der Waals surface area contributed by atoms with Crippen molar-refractivity contribution in [1.29, 1.82) is 0 Å². The van der Waals surface area contributed by atoms with Crippen molar-refractivity contribution < 1.29 is 23.1 Å². The van der Waals surface area contributed by atoms with E-state index >= 15 is 0 Å². The number of amides is 2. The van der Waals surface area contributed by atoms with Crippen molar-refractivity contribution in [2.45, 2.75) is 19.3 Å². The normalized spacial score (nSPS) is 26.4. The Morgan fingerprint density at radius 1 is 1.20 bits per heavy atom. The Morgan fingerprint density at radius 3 is 2.35 bits per heavy atom. The van der Waals surface area contributed by atoms with Gasteiger partial charge in [-0.2, -0.15) is 0 Å². The minimum atomic E-state index is -2.92. The zero-order valence-corrected chi connectivity index (χ0v) is 12.1. The topological polar surface area (TPSA) is 104 Å². The molecule has 1 unspecified atom stereocenters. The lowest BCUT2D eigenvalue weighted by Crippen LogP contribution is -2.46. The lowest BCUT2D eigenvalue weighted by molar-refractivity contribution is -0.143. The molecule has 0 aromatic carbocycles. The van der Waals surface area contributed by atoms with E-state index < -0.39 is 15.8 Å². The number of carboxylic acid groups (broad SMARTS) is 1. The van der Waals surface area contributed by atoms with Gasteiger partial charge in [0.2, 0.25) is 0 Å². The van der Waals surface area contributed by atoms with Crippen molar-refractivity contribution >= 4 is 21.8 Å². The molecule has 0 bridgehead atoms. The number of rotatable bonds is 3. The maximum atomic E-state index is 11.9. The maximum Gasteiger partial charge on any atom is 0.317 e. The summed E-state index contributed by atoms with van der Waals surface area (Å²) in [6, 6.07) is -0.224. The third-order valence-corrected chi connectivity index (χ3v) is 5.84. The first kappa shape index (κ1) is 15.1. The van der Waals surface area contributed by atoms with Crippen molar-refractivity contribution in [2.75, 3.05) is 31.1 Å². The van der Waals surface area contributed by atoms with Crippen molar-refractivity contribution in [3.05, 3.63) is 0 Å². The first-order chi connectivity index (χ1) is 9.37. The average molecular weight is 304 g/mol. The predicted molar refractivity (Wildman–Crippen MR) is 72.1 cm³/mol. The number of aliphatic carboxylic acids is 1. The van der Waals surface area contributed by atoms with Gasteiger partial charge in [0.15, 0.2) is 9.84 Å². The van der Waals surface area contributed by atoms with Gasteiger partial charge in [-0.15, -0.1) is 0 Å². The van der Waals surface area contributed by atoms with Crippen molar-refractivity contribution in [3.8, 4) is 0 Å². The fraction of sp³-hybridized carbons (Fsp3) is 0.833. The monoisotopic (exact) mass is 304 g/mol. The molecule has 2 heterocycles. The third kappa shape index (κ3) is 3.84. The summed E-state index contributed by atoms with van der Waals surface area (Å²) in [5.74, 6) is -0.813. The van der Waals surface area contributed by atoms with Gasteiger partial charge < -0.3 is 15.3 Å². The number of carboxylic acids is 1. The molecule has 0 radical (unpaired) electrons. The number of likely N-dealkylation sites (tertiary alicyclic amines) is 1. The number of carbonyl (C=O) groups excluding carboxylic acids is 1. The van der Waals surface area contributed by atoms with Crippen LogP contribution in [0.2, 0.25) is 0 Å². The average Bonchev–Trinajstić information content (AvgIpc) is 2.75. The molecule has 114 valence electrons. The van der Waals surface area contributed by atoms with Crippen molar-refractivity contribution in [1.82, 2.24) is 10.2 Å². The summed E-state index contributed by atoms with van der Waals surface area (Å²) in [5, 5.41) is 11.6. The molecule has 0 aliphatic carbocycles. The van der Waals surface area contributed by atoms with E-state index in [1.165, 1.54) is 0 Å². The van der Waals surface area contributed by atoms with E-state index in [4.69, 9.17) is 5.11 Å². The Hall–Kier alpha value is -1.31. The SMILES string of the molecule is O=C(O)C1CCN(C(=O)NCC2CCS(=O)(=O)C2)CC1. The van der Waals surface area contributed by atoms with Gasteiger partial charge >= 0.3 is 12.0 Å². The van der Waals surface area contributed by atoms with Crippen LogP contribution in [0.1, 0.15) is 19.3 Å². The quantitative estimate of drug-likeness (QED) is 0.759. The summed E-state index contributed by atoms with van der Waals surface area (Å²) in [6.45, 7) is 1.24. The highest BCUT2D eigenvalue weighted by atomic mass is 32.2. The van der Waals surface area contributed by atoms with Gasteiger partial charge in [-0.25, -0.2) is 13.2 Å². The highest BCUT2D eigenvalue weighted by Crippen LogP contribution is 2.19. The number of urea groups is 1. The predicted octanol–water partition coefficient (Wildman–Crippen LogP) is -0.0727. The van der Waals surface area contributed by atoms with Gasteiger partial charge in [0.1, 0.15) is 0 Å². The zero-order chi connectivity index (χ0) is 14.8. The molecule has 0 aromatic rings. The van der Waals surface area contributed by atoms with Gasteiger partial charge in [0.05, 0.1) is 17.4 Å². The molecule has 2 aliphatic rings. The molecule has 1 atom stereocenters. The second-order valence-corrected chi connectivity index (χ2v) is 7.78. The summed E-state index contributed by atoms with van der Waals surface area (Å²) in [7, 11) is -2.92. The molecule has 0 aromatic heterocycles. The van der Waals surface area contributed by atoms with Crippen LogP contribution in [0.25, 0.3) is 0 Å². The molecule has 2 saturated heterocycles. The minimum absolute atomic E-state index is 0.000471. The number of hydrogen-bond donors (Lipinski definition) is 2. The largest absolute Gasteiger partial charge is 0.481 e. The smallest absolute Gasteiger partial charge is 0.317 e. The van der Waals surface area contributed by atoms with Crippen LogP contribution < -0.4 is 5.32 Å². The number of hydrogen-bond acceptors (Lipinski definition) is 4. The Kier molecular flexibility index (Phi) is 4.52. The van der Waals surface area contributed by atoms with E-state index in [2.05, 4.69) is 5.32 Å². The van der Waals surface area contributed by atoms with Gasteiger partial charge in [0, 0.05) is 19.6 Å². The molecule has 0 spiro atoms. The summed E-state index contributed by atoms with van der Waals surface area (Å²) in [6.07, 6.45) is 1.55. The molecule has 20 heavy (non-hydrogen) atoms. The van der Waals surface area contributed by atoms with Crippen LogP contribution in [-0.2, 0) is 14.6 Å². The molecule has 2 N–H and O–H groups in total. The Labute approximate surface area is 118 Å². The van der Waals surface area contributed by atoms with E-state index in [1.54, 1.807) is 4.90 Å². The molecule has 2 aliphatic heterocycles. The van der Waals surface area contributed by atoms with Crippen LogP contribution in [0.5, 0.6) is 0 Å². The molecule has 2 amide bonds. The first-order valence-electron chi connectivity index (χ1n) is 6.83. The van der Waals surface area contributed by atoms with Gasteiger partial charge in [-0.1, -0.05) is 0 Å². The molecular weight excluding hydrogens is 284 g/mol. The lowest BCUT2D eigenvalue weighted by Gasteiger charge is -2.30. The Bertz CT molecular complexity index is 482. The lowest BCUT2D eigenvalue weighted by atomic mass is 9.97. The summed E-state index contributed by atoms with van der Waals surface area (Å²) >= 11 is 0. The number of nitrogens with one attached hydrogen (secondary N) is 1. The fourth-order valence-corrected chi connectivity index (χ4v) is 4.57. The third-order valence-electron chi connectivity index (χ3n) is 4.00. The highest BCUT2D eigenvalue weighted by Gasteiger charge is 2.30. The van der Waals surface area contributed by atoms with Crippen LogP contribution in [0.15, 0.2) is 0 Å². The van der Waals surface area contributed by atoms with Crippen LogP contribution in [0.4, 0.5) is 4.79 Å². The van der Waals surface area contributed by atoms with E-state index in [-0.39, 0.29) is 29.4 Å². The second-order valence-electron chi connectivity index (χ2n) is 5.55. The number of sulfone groups is 1. The van der Waals surface area contributed by atoms with Crippen LogP contribution >= 0.6 is 0 Å². The van der Waals surface area contributed by atoms with Crippen LogP contribution in [-0.4, -0.2) is 61.6 Å². The maximum absolute atomic E-state index is 11.9. The molecule has 7 nitrogen and oxygen atoms in total. The molecule has 8 heteroatoms. The second kappa shape index (κ2) is 5.99. The van der Waals surface area contributed by atoms with Crippen LogP contribution in [0.3, 0.4) is 0 Å². The van der Waals surface area contributed by atoms with E-state index in [0.29, 0.717) is 38.9 Å².